The van der Waals surface area contributed by atoms with Crippen LogP contribution in [0.3, 0.4) is 0 Å². The van der Waals surface area contributed by atoms with Gasteiger partial charge >= 0.3 is 0 Å². The number of amides is 1. The Hall–Kier alpha value is -1.92. The second-order valence-corrected chi connectivity index (χ2v) is 7.42. The maximum atomic E-state index is 12.5. The van der Waals surface area contributed by atoms with Gasteiger partial charge in [-0.3, -0.25) is 9.69 Å². The Morgan fingerprint density at radius 1 is 1.33 bits per heavy atom. The molecule has 0 bridgehead atoms. The summed E-state index contributed by atoms with van der Waals surface area (Å²) in [6.07, 6.45) is 1.94. The fraction of sp³-hybridized carbons (Fsp3) is 0.471. The van der Waals surface area contributed by atoms with E-state index in [1.165, 1.54) is 0 Å². The number of aromatic nitrogens is 3. The molecule has 128 valence electrons. The van der Waals surface area contributed by atoms with Crippen LogP contribution in [0, 0.1) is 0 Å². The van der Waals surface area contributed by atoms with Crippen molar-refractivity contribution in [2.45, 2.75) is 38.9 Å². The summed E-state index contributed by atoms with van der Waals surface area (Å²) in [7, 11) is 0. The molecule has 2 heterocycles. The van der Waals surface area contributed by atoms with Crippen LogP contribution in [-0.2, 0) is 16.9 Å². The van der Waals surface area contributed by atoms with Crippen LogP contribution in [0.15, 0.2) is 30.5 Å². The maximum absolute atomic E-state index is 12.5. The molecule has 1 unspecified atom stereocenters. The van der Waals surface area contributed by atoms with Gasteiger partial charge in [0.15, 0.2) is 0 Å². The van der Waals surface area contributed by atoms with Crippen molar-refractivity contribution in [2.24, 2.45) is 0 Å². The highest BCUT2D eigenvalue weighted by Crippen LogP contribution is 2.30. The number of hydrogen-bond acceptors (Lipinski definition) is 4. The topological polar surface area (TPSA) is 63.0 Å². The Balaban J connectivity index is 1.86. The van der Waals surface area contributed by atoms with Crippen molar-refractivity contribution in [3.8, 4) is 0 Å². The van der Waals surface area contributed by atoms with E-state index in [2.05, 4.69) is 41.3 Å². The normalized spacial score (nSPS) is 19.3. The average molecular weight is 348 g/mol. The number of carbonyl (C=O) groups is 1. The standard InChI is InChI=1S/C17H22ClN5O/c1-17(2,3)23-11-12(20-21-23)10-22-9-8-19-16(24)15(22)13-6-4-5-7-14(13)18/h4-7,11,15H,8-10H2,1-3H3,(H,19,24). The Morgan fingerprint density at radius 2 is 2.08 bits per heavy atom. The summed E-state index contributed by atoms with van der Waals surface area (Å²) in [5.74, 6) is -0.0300. The Morgan fingerprint density at radius 3 is 2.75 bits per heavy atom. The third-order valence-corrected chi connectivity index (χ3v) is 4.45. The summed E-state index contributed by atoms with van der Waals surface area (Å²) in [4.78, 5) is 14.6. The largest absolute Gasteiger partial charge is 0.353 e. The molecule has 1 N–H and O–H groups in total. The van der Waals surface area contributed by atoms with E-state index in [1.807, 2.05) is 35.1 Å². The SMILES string of the molecule is CC(C)(C)n1cc(CN2CCNC(=O)C2c2ccccc2Cl)nn1. The van der Waals surface area contributed by atoms with Crippen LogP contribution in [0.4, 0.5) is 0 Å². The number of carbonyl (C=O) groups excluding carboxylic acids is 1. The summed E-state index contributed by atoms with van der Waals surface area (Å²) < 4.78 is 1.84. The van der Waals surface area contributed by atoms with E-state index in [-0.39, 0.29) is 11.4 Å². The highest BCUT2D eigenvalue weighted by atomic mass is 35.5. The molecule has 0 spiro atoms. The quantitative estimate of drug-likeness (QED) is 0.925. The Bertz CT molecular complexity index is 737. The number of hydrogen-bond donors (Lipinski definition) is 1. The second kappa shape index (κ2) is 6.53. The number of benzene rings is 1. The summed E-state index contributed by atoms with van der Waals surface area (Å²) in [6, 6.07) is 7.07. The molecule has 1 aromatic carbocycles. The van der Waals surface area contributed by atoms with Crippen LogP contribution in [0.2, 0.25) is 5.02 Å². The zero-order valence-corrected chi connectivity index (χ0v) is 14.9. The van der Waals surface area contributed by atoms with Gasteiger partial charge < -0.3 is 5.32 Å². The van der Waals surface area contributed by atoms with Crippen LogP contribution < -0.4 is 5.32 Å². The molecule has 1 aliphatic heterocycles. The van der Waals surface area contributed by atoms with Crippen molar-refractivity contribution in [3.63, 3.8) is 0 Å². The zero-order chi connectivity index (χ0) is 17.3. The Labute approximate surface area is 146 Å². The molecule has 1 fully saturated rings. The van der Waals surface area contributed by atoms with E-state index in [1.54, 1.807) is 0 Å². The highest BCUT2D eigenvalue weighted by molar-refractivity contribution is 6.31. The molecule has 24 heavy (non-hydrogen) atoms. The zero-order valence-electron chi connectivity index (χ0n) is 14.2. The maximum Gasteiger partial charge on any atom is 0.242 e. The van der Waals surface area contributed by atoms with E-state index < -0.39 is 6.04 Å². The number of nitrogens with one attached hydrogen (secondary N) is 1. The molecule has 1 aliphatic rings. The monoisotopic (exact) mass is 347 g/mol. The van der Waals surface area contributed by atoms with Crippen molar-refractivity contribution in [1.82, 2.24) is 25.2 Å². The first-order valence-corrected chi connectivity index (χ1v) is 8.42. The lowest BCUT2D eigenvalue weighted by atomic mass is 10.0. The van der Waals surface area contributed by atoms with Crippen molar-refractivity contribution in [1.29, 1.82) is 0 Å². The molecular formula is C17H22ClN5O. The molecule has 0 saturated carbocycles. The highest BCUT2D eigenvalue weighted by Gasteiger charge is 2.33. The molecule has 6 nitrogen and oxygen atoms in total. The summed E-state index contributed by atoms with van der Waals surface area (Å²) in [5, 5.41) is 12.0. The van der Waals surface area contributed by atoms with Gasteiger partial charge in [-0.15, -0.1) is 5.10 Å². The van der Waals surface area contributed by atoms with Gasteiger partial charge in [0, 0.05) is 24.7 Å². The first-order valence-electron chi connectivity index (χ1n) is 8.04. The Kier molecular flexibility index (Phi) is 4.60. The van der Waals surface area contributed by atoms with E-state index in [0.717, 1.165) is 17.8 Å². The van der Waals surface area contributed by atoms with Gasteiger partial charge in [-0.05, 0) is 32.4 Å². The van der Waals surface area contributed by atoms with Crippen LogP contribution in [-0.4, -0.2) is 38.9 Å². The van der Waals surface area contributed by atoms with Gasteiger partial charge in [0.2, 0.25) is 5.91 Å². The fourth-order valence-corrected chi connectivity index (χ4v) is 3.07. The molecule has 1 amide bonds. The van der Waals surface area contributed by atoms with Gasteiger partial charge in [0.25, 0.3) is 0 Å². The molecule has 7 heteroatoms. The van der Waals surface area contributed by atoms with Crippen molar-refractivity contribution >= 4 is 17.5 Å². The van der Waals surface area contributed by atoms with Crippen LogP contribution in [0.25, 0.3) is 0 Å². The van der Waals surface area contributed by atoms with Gasteiger partial charge in [-0.2, -0.15) is 0 Å². The molecule has 2 aromatic rings. The second-order valence-electron chi connectivity index (χ2n) is 7.01. The smallest absolute Gasteiger partial charge is 0.242 e. The molecule has 1 saturated heterocycles. The predicted octanol–water partition coefficient (Wildman–Crippen LogP) is 2.36. The first kappa shape index (κ1) is 16.9. The third kappa shape index (κ3) is 3.44. The third-order valence-electron chi connectivity index (χ3n) is 4.10. The number of piperazine rings is 1. The van der Waals surface area contributed by atoms with E-state index in [0.29, 0.717) is 18.1 Å². The van der Waals surface area contributed by atoms with Gasteiger partial charge in [-0.25, -0.2) is 4.68 Å². The van der Waals surface area contributed by atoms with E-state index in [4.69, 9.17) is 11.6 Å². The number of nitrogens with zero attached hydrogens (tertiary/aromatic N) is 4. The number of halogens is 1. The lowest BCUT2D eigenvalue weighted by molar-refractivity contribution is -0.129. The van der Waals surface area contributed by atoms with Crippen LogP contribution in [0.1, 0.15) is 38.1 Å². The van der Waals surface area contributed by atoms with Gasteiger partial charge in [0.1, 0.15) is 6.04 Å². The average Bonchev–Trinajstić information content (AvgIpc) is 2.98. The van der Waals surface area contributed by atoms with Crippen LogP contribution >= 0.6 is 11.6 Å². The molecule has 0 radical (unpaired) electrons. The van der Waals surface area contributed by atoms with Crippen molar-refractivity contribution in [3.05, 3.63) is 46.7 Å². The lowest BCUT2D eigenvalue weighted by Gasteiger charge is -2.35. The molecular weight excluding hydrogens is 326 g/mol. The van der Waals surface area contributed by atoms with E-state index in [9.17, 15) is 4.79 Å². The fourth-order valence-electron chi connectivity index (χ4n) is 2.83. The molecule has 1 aromatic heterocycles. The summed E-state index contributed by atoms with van der Waals surface area (Å²) >= 11 is 6.32. The van der Waals surface area contributed by atoms with Crippen molar-refractivity contribution in [2.75, 3.05) is 13.1 Å². The number of rotatable bonds is 3. The minimum absolute atomic E-state index is 0.0300. The minimum atomic E-state index is -0.410. The van der Waals surface area contributed by atoms with Crippen molar-refractivity contribution < 1.29 is 4.79 Å². The summed E-state index contributed by atoms with van der Waals surface area (Å²) in [5.41, 5.74) is 1.54. The molecule has 0 aliphatic carbocycles. The first-order chi connectivity index (χ1) is 11.4. The predicted molar refractivity (Wildman–Crippen MR) is 92.6 cm³/mol. The summed E-state index contributed by atoms with van der Waals surface area (Å²) in [6.45, 7) is 8.14. The van der Waals surface area contributed by atoms with Gasteiger partial charge in [-0.1, -0.05) is 35.0 Å². The minimum Gasteiger partial charge on any atom is -0.353 e. The molecule has 3 rings (SSSR count). The lowest BCUT2D eigenvalue weighted by Crippen LogP contribution is -2.49. The van der Waals surface area contributed by atoms with E-state index >= 15 is 0 Å². The van der Waals surface area contributed by atoms with Crippen LogP contribution in [0.5, 0.6) is 0 Å². The van der Waals surface area contributed by atoms with Gasteiger partial charge in [0.05, 0.1) is 17.4 Å². The molecule has 1 atom stereocenters.